The Morgan fingerprint density at radius 2 is 1.44 bits per heavy atom. The van der Waals surface area contributed by atoms with Crippen molar-refractivity contribution in [2.75, 3.05) is 0 Å². The maximum Gasteiger partial charge on any atom is 0.201 e. The highest BCUT2D eigenvalue weighted by Gasteiger charge is 2.33. The van der Waals surface area contributed by atoms with Crippen LogP contribution in [-0.4, -0.2) is 11.6 Å². The number of carbonyl (C=O) groups is 2. The van der Waals surface area contributed by atoms with Crippen LogP contribution in [-0.2, 0) is 0 Å². The van der Waals surface area contributed by atoms with E-state index in [4.69, 9.17) is 0 Å². The molecule has 2 aliphatic carbocycles. The number of fused-ring (bicyclic) bond motifs is 1. The Morgan fingerprint density at radius 3 is 2.12 bits per heavy atom. The highest BCUT2D eigenvalue weighted by Crippen LogP contribution is 2.40. The summed E-state index contributed by atoms with van der Waals surface area (Å²) in [7, 11) is 0. The van der Waals surface area contributed by atoms with Gasteiger partial charge in [0.25, 0.3) is 0 Å². The molecule has 0 atom stereocenters. The molecule has 0 fully saturated rings. The van der Waals surface area contributed by atoms with Crippen molar-refractivity contribution in [1.82, 2.24) is 0 Å². The molecule has 3 heteroatoms. The number of allylic oxidation sites excluding steroid dienone is 6. The summed E-state index contributed by atoms with van der Waals surface area (Å²) in [5.41, 5.74) is 2.39. The largest absolute Gasteiger partial charge is 0.289 e. The van der Waals surface area contributed by atoms with Crippen molar-refractivity contribution >= 4 is 23.3 Å². The summed E-state index contributed by atoms with van der Waals surface area (Å²) in [5, 5.41) is 0. The van der Waals surface area contributed by atoms with Crippen LogP contribution in [0.5, 0.6) is 0 Å². The molecule has 122 valence electrons. The molecular weight excluding hydrogens is 328 g/mol. The van der Waals surface area contributed by atoms with Gasteiger partial charge in [-0.15, -0.1) is 0 Å². The minimum Gasteiger partial charge on any atom is -0.289 e. The normalized spacial score (nSPS) is 16.7. The fourth-order valence-electron chi connectivity index (χ4n) is 3.12. The van der Waals surface area contributed by atoms with E-state index in [-0.39, 0.29) is 11.6 Å². The zero-order valence-electron chi connectivity index (χ0n) is 13.6. The van der Waals surface area contributed by atoms with Crippen LogP contribution in [0.3, 0.4) is 0 Å². The van der Waals surface area contributed by atoms with Crippen LogP contribution in [0.2, 0.25) is 0 Å². The first kappa shape index (κ1) is 15.9. The van der Waals surface area contributed by atoms with E-state index in [1.54, 1.807) is 18.2 Å². The van der Waals surface area contributed by atoms with Crippen LogP contribution >= 0.6 is 11.8 Å². The maximum absolute atomic E-state index is 13.2. The molecular formula is C22H16O2S. The van der Waals surface area contributed by atoms with Crippen LogP contribution < -0.4 is 0 Å². The molecule has 2 aromatic carbocycles. The van der Waals surface area contributed by atoms with Crippen LogP contribution in [0.4, 0.5) is 0 Å². The van der Waals surface area contributed by atoms with Gasteiger partial charge >= 0.3 is 0 Å². The average Bonchev–Trinajstić information content (AvgIpc) is 2.68. The molecule has 2 aromatic rings. The minimum absolute atomic E-state index is 0.0635. The van der Waals surface area contributed by atoms with Crippen LogP contribution in [0, 0.1) is 0 Å². The molecule has 0 saturated carbocycles. The fraction of sp³-hybridized carbons (Fsp3) is 0.0909. The van der Waals surface area contributed by atoms with E-state index in [1.165, 1.54) is 11.8 Å². The summed E-state index contributed by atoms with van der Waals surface area (Å²) >= 11 is 1.38. The minimum atomic E-state index is -0.0704. The lowest BCUT2D eigenvalue weighted by molar-refractivity contribution is 0.0983. The third-order valence-corrected chi connectivity index (χ3v) is 5.42. The van der Waals surface area contributed by atoms with Crippen molar-refractivity contribution < 1.29 is 9.59 Å². The van der Waals surface area contributed by atoms with Gasteiger partial charge in [-0.3, -0.25) is 9.59 Å². The molecule has 0 heterocycles. The Kier molecular flexibility index (Phi) is 4.24. The Balaban J connectivity index is 1.89. The summed E-state index contributed by atoms with van der Waals surface area (Å²) < 4.78 is 0. The smallest absolute Gasteiger partial charge is 0.201 e. The van der Waals surface area contributed by atoms with E-state index in [0.29, 0.717) is 21.6 Å². The lowest BCUT2D eigenvalue weighted by atomic mass is 9.84. The molecule has 0 radical (unpaired) electrons. The van der Waals surface area contributed by atoms with E-state index in [1.807, 2.05) is 42.5 Å². The Hall–Kier alpha value is -2.65. The van der Waals surface area contributed by atoms with Gasteiger partial charge in [-0.25, -0.2) is 0 Å². The lowest BCUT2D eigenvalue weighted by Crippen LogP contribution is -2.22. The summed E-state index contributed by atoms with van der Waals surface area (Å²) in [6.45, 7) is 0. The third-order valence-electron chi connectivity index (χ3n) is 4.32. The predicted octanol–water partition coefficient (Wildman–Crippen LogP) is 5.39. The van der Waals surface area contributed by atoms with E-state index in [0.717, 1.165) is 23.3 Å². The standard InChI is InChI=1S/C22H16O2S/c23-20-17-13-7-8-14-18(17)21(24)22(25-16-11-5-2-6-12-16)19(20)15-9-3-1-4-10-15/h2-3,5-14H,1,4H2. The molecule has 2 nitrogen and oxygen atoms in total. The van der Waals surface area contributed by atoms with Gasteiger partial charge < -0.3 is 0 Å². The van der Waals surface area contributed by atoms with Crippen LogP contribution in [0.15, 0.2) is 93.8 Å². The second kappa shape index (κ2) is 6.69. The van der Waals surface area contributed by atoms with Crippen molar-refractivity contribution in [3.8, 4) is 0 Å². The van der Waals surface area contributed by atoms with E-state index in [2.05, 4.69) is 12.2 Å². The van der Waals surface area contributed by atoms with Crippen molar-refractivity contribution in [3.05, 3.63) is 100 Å². The molecule has 0 saturated heterocycles. The third kappa shape index (κ3) is 2.92. The summed E-state index contributed by atoms with van der Waals surface area (Å²) in [6.07, 6.45) is 7.94. The number of rotatable bonds is 3. The zero-order chi connectivity index (χ0) is 17.2. The van der Waals surface area contributed by atoms with Gasteiger partial charge in [0.2, 0.25) is 5.78 Å². The van der Waals surface area contributed by atoms with E-state index >= 15 is 0 Å². The monoisotopic (exact) mass is 344 g/mol. The Labute approximate surface area is 151 Å². The number of hydrogen-bond acceptors (Lipinski definition) is 3. The second-order valence-corrected chi connectivity index (χ2v) is 7.05. The fourth-order valence-corrected chi connectivity index (χ4v) is 4.16. The topological polar surface area (TPSA) is 34.1 Å². The molecule has 0 unspecified atom stereocenters. The number of Topliss-reactive ketones (excluding diaryl/α,β-unsaturated/α-hetero) is 2. The van der Waals surface area contributed by atoms with Crippen molar-refractivity contribution in [2.24, 2.45) is 0 Å². The molecule has 2 aliphatic rings. The molecule has 25 heavy (non-hydrogen) atoms. The highest BCUT2D eigenvalue weighted by molar-refractivity contribution is 8.04. The Morgan fingerprint density at radius 1 is 0.760 bits per heavy atom. The van der Waals surface area contributed by atoms with Gasteiger partial charge in [-0.2, -0.15) is 0 Å². The van der Waals surface area contributed by atoms with E-state index in [9.17, 15) is 9.59 Å². The van der Waals surface area contributed by atoms with Gasteiger partial charge in [-0.05, 0) is 30.5 Å². The molecule has 0 amide bonds. The summed E-state index contributed by atoms with van der Waals surface area (Å²) in [5.74, 6) is -0.134. The predicted molar refractivity (Wildman–Crippen MR) is 101 cm³/mol. The number of thioether (sulfide) groups is 1. The summed E-state index contributed by atoms with van der Waals surface area (Å²) in [4.78, 5) is 27.8. The Bertz CT molecular complexity index is 949. The van der Waals surface area contributed by atoms with Gasteiger partial charge in [0, 0.05) is 21.6 Å². The number of carbonyl (C=O) groups excluding carboxylic acids is 2. The van der Waals surface area contributed by atoms with Crippen molar-refractivity contribution in [1.29, 1.82) is 0 Å². The van der Waals surface area contributed by atoms with Crippen LogP contribution in [0.1, 0.15) is 33.6 Å². The van der Waals surface area contributed by atoms with Crippen molar-refractivity contribution in [3.63, 3.8) is 0 Å². The van der Waals surface area contributed by atoms with Crippen LogP contribution in [0.25, 0.3) is 0 Å². The van der Waals surface area contributed by atoms with Gasteiger partial charge in [-0.1, -0.05) is 72.5 Å². The first-order chi connectivity index (χ1) is 12.3. The maximum atomic E-state index is 13.2. The molecule has 0 spiro atoms. The van der Waals surface area contributed by atoms with Gasteiger partial charge in [0.15, 0.2) is 5.78 Å². The van der Waals surface area contributed by atoms with Gasteiger partial charge in [0.1, 0.15) is 0 Å². The molecule has 0 aliphatic heterocycles. The highest BCUT2D eigenvalue weighted by atomic mass is 32.2. The molecule has 0 aromatic heterocycles. The lowest BCUT2D eigenvalue weighted by Gasteiger charge is -2.22. The quantitative estimate of drug-likeness (QED) is 0.749. The number of hydrogen-bond donors (Lipinski definition) is 0. The summed E-state index contributed by atoms with van der Waals surface area (Å²) in [6, 6.07) is 16.8. The molecule has 0 bridgehead atoms. The average molecular weight is 344 g/mol. The number of ketones is 2. The second-order valence-electron chi connectivity index (χ2n) is 5.96. The molecule has 4 rings (SSSR count). The first-order valence-electron chi connectivity index (χ1n) is 8.28. The molecule has 0 N–H and O–H groups in total. The van der Waals surface area contributed by atoms with E-state index < -0.39 is 0 Å². The van der Waals surface area contributed by atoms with Crippen molar-refractivity contribution in [2.45, 2.75) is 17.7 Å². The SMILES string of the molecule is O=C1C(Sc2ccccc2)=C(C2=CCCC=C2)C(=O)c2ccccc21. The zero-order valence-corrected chi connectivity index (χ0v) is 14.4. The first-order valence-corrected chi connectivity index (χ1v) is 9.10. The van der Waals surface area contributed by atoms with Gasteiger partial charge in [0.05, 0.1) is 4.91 Å². The number of benzene rings is 2.